The normalized spacial score (nSPS) is 23.5. The van der Waals surface area contributed by atoms with E-state index >= 15 is 0 Å². The Bertz CT molecular complexity index is 875. The van der Waals surface area contributed by atoms with Crippen molar-refractivity contribution in [1.29, 1.82) is 0 Å². The first kappa shape index (κ1) is 15.7. The third-order valence-corrected chi connectivity index (χ3v) is 5.31. The van der Waals surface area contributed by atoms with Gasteiger partial charge in [-0.25, -0.2) is 0 Å². The summed E-state index contributed by atoms with van der Waals surface area (Å²) in [4.78, 5) is 10.9. The summed E-state index contributed by atoms with van der Waals surface area (Å²) in [6, 6.07) is 11.7. The highest BCUT2D eigenvalue weighted by Crippen LogP contribution is 2.51. The summed E-state index contributed by atoms with van der Waals surface area (Å²) >= 11 is 0. The maximum absolute atomic E-state index is 11.2. The van der Waals surface area contributed by atoms with Crippen molar-refractivity contribution in [3.8, 4) is 5.75 Å². The second kappa shape index (κ2) is 5.92. The number of allylic oxidation sites excluding steroid dienone is 2. The molecule has 2 aliphatic rings. The number of aryl methyl sites for hydroxylation is 1. The van der Waals surface area contributed by atoms with Gasteiger partial charge in [0.1, 0.15) is 5.75 Å². The van der Waals surface area contributed by atoms with Crippen LogP contribution in [0.3, 0.4) is 0 Å². The van der Waals surface area contributed by atoms with Crippen LogP contribution in [0.2, 0.25) is 0 Å². The molecule has 2 aromatic rings. The Kier molecular flexibility index (Phi) is 3.71. The molecule has 0 saturated carbocycles. The Labute approximate surface area is 146 Å². The van der Waals surface area contributed by atoms with Gasteiger partial charge in [0.05, 0.1) is 18.1 Å². The number of ether oxygens (including phenoxy) is 1. The second-order valence-electron chi connectivity index (χ2n) is 6.74. The standard InChI is InChI=1S/C20H20N2O3/c1-12-9-14(22(23)24)11-18-16-7-4-8-17(16)20(21-19(12)18)13-5-3-6-15(10-13)25-2/h3-7,9-11,16-17,20-21H,8H2,1-2H3/t16-,17+,20-/m0/s1. The minimum Gasteiger partial charge on any atom is -0.497 e. The molecule has 1 aliphatic carbocycles. The van der Waals surface area contributed by atoms with Gasteiger partial charge in [0, 0.05) is 23.7 Å². The summed E-state index contributed by atoms with van der Waals surface area (Å²) in [6.07, 6.45) is 5.34. The van der Waals surface area contributed by atoms with E-state index < -0.39 is 0 Å². The first-order chi connectivity index (χ1) is 12.1. The lowest BCUT2D eigenvalue weighted by atomic mass is 9.76. The molecule has 1 aliphatic heterocycles. The minimum absolute atomic E-state index is 0.155. The lowest BCUT2D eigenvalue weighted by Crippen LogP contribution is -2.29. The molecule has 0 bridgehead atoms. The van der Waals surface area contributed by atoms with Crippen molar-refractivity contribution in [2.24, 2.45) is 5.92 Å². The molecule has 25 heavy (non-hydrogen) atoms. The van der Waals surface area contributed by atoms with Crippen LogP contribution in [0, 0.1) is 23.0 Å². The van der Waals surface area contributed by atoms with Crippen LogP contribution < -0.4 is 10.1 Å². The summed E-state index contributed by atoms with van der Waals surface area (Å²) in [5, 5.41) is 14.9. The van der Waals surface area contributed by atoms with E-state index in [-0.39, 0.29) is 22.6 Å². The Hall–Kier alpha value is -2.82. The van der Waals surface area contributed by atoms with Crippen molar-refractivity contribution in [2.45, 2.75) is 25.3 Å². The largest absolute Gasteiger partial charge is 0.497 e. The van der Waals surface area contributed by atoms with E-state index in [2.05, 4.69) is 29.6 Å². The molecule has 3 atom stereocenters. The highest BCUT2D eigenvalue weighted by Gasteiger charge is 2.39. The predicted molar refractivity (Wildman–Crippen MR) is 97.2 cm³/mol. The molecule has 0 unspecified atom stereocenters. The molecule has 0 amide bonds. The number of benzene rings is 2. The summed E-state index contributed by atoms with van der Waals surface area (Å²) in [5.41, 5.74) is 4.31. The molecule has 5 heteroatoms. The number of nitro groups is 1. The molecule has 0 radical (unpaired) electrons. The summed E-state index contributed by atoms with van der Waals surface area (Å²) in [7, 11) is 1.67. The van der Waals surface area contributed by atoms with Gasteiger partial charge >= 0.3 is 0 Å². The van der Waals surface area contributed by atoms with Crippen LogP contribution in [0.25, 0.3) is 0 Å². The van der Waals surface area contributed by atoms with Gasteiger partial charge in [-0.2, -0.15) is 0 Å². The number of nitrogens with one attached hydrogen (secondary N) is 1. The Balaban J connectivity index is 1.81. The number of anilines is 1. The SMILES string of the molecule is COc1cccc([C@@H]2Nc3c(C)cc([N+](=O)[O-])cc3[C@H]3C=CC[C@H]32)c1. The van der Waals surface area contributed by atoms with E-state index in [1.54, 1.807) is 19.2 Å². The van der Waals surface area contributed by atoms with Gasteiger partial charge in [0.2, 0.25) is 0 Å². The first-order valence-corrected chi connectivity index (χ1v) is 8.44. The fourth-order valence-electron chi connectivity index (χ4n) is 4.14. The predicted octanol–water partition coefficient (Wildman–Crippen LogP) is 4.74. The number of non-ortho nitro benzene ring substituents is 1. The molecule has 0 fully saturated rings. The van der Waals surface area contributed by atoms with Crippen LogP contribution in [-0.2, 0) is 0 Å². The molecule has 4 rings (SSSR count). The zero-order valence-electron chi connectivity index (χ0n) is 14.2. The lowest BCUT2D eigenvalue weighted by molar-refractivity contribution is -0.385. The van der Waals surface area contributed by atoms with Gasteiger partial charge in [0.15, 0.2) is 0 Å². The lowest BCUT2D eigenvalue weighted by Gasteiger charge is -2.38. The van der Waals surface area contributed by atoms with Crippen LogP contribution in [0.1, 0.15) is 35.1 Å². The molecule has 5 nitrogen and oxygen atoms in total. The minimum atomic E-state index is -0.310. The quantitative estimate of drug-likeness (QED) is 0.499. The van der Waals surface area contributed by atoms with Crippen LogP contribution in [-0.4, -0.2) is 12.0 Å². The third-order valence-electron chi connectivity index (χ3n) is 5.31. The number of fused-ring (bicyclic) bond motifs is 3. The van der Waals surface area contributed by atoms with Crippen LogP contribution >= 0.6 is 0 Å². The number of methoxy groups -OCH3 is 1. The first-order valence-electron chi connectivity index (χ1n) is 8.44. The summed E-state index contributed by atoms with van der Waals surface area (Å²) in [6.45, 7) is 1.93. The van der Waals surface area contributed by atoms with Crippen molar-refractivity contribution < 1.29 is 9.66 Å². The molecule has 0 aromatic heterocycles. The zero-order valence-corrected chi connectivity index (χ0v) is 14.2. The van der Waals surface area contributed by atoms with E-state index in [9.17, 15) is 10.1 Å². The highest BCUT2D eigenvalue weighted by molar-refractivity contribution is 5.67. The number of rotatable bonds is 3. The van der Waals surface area contributed by atoms with E-state index in [0.29, 0.717) is 5.92 Å². The molecule has 1 N–H and O–H groups in total. The zero-order chi connectivity index (χ0) is 17.6. The molecule has 0 spiro atoms. The Morgan fingerprint density at radius 3 is 2.88 bits per heavy atom. The van der Waals surface area contributed by atoms with Crippen molar-refractivity contribution in [3.05, 3.63) is 75.4 Å². The van der Waals surface area contributed by atoms with Gasteiger partial charge in [-0.3, -0.25) is 10.1 Å². The van der Waals surface area contributed by atoms with Gasteiger partial charge in [-0.15, -0.1) is 0 Å². The topological polar surface area (TPSA) is 64.4 Å². The average Bonchev–Trinajstić information content (AvgIpc) is 3.11. The number of hydrogen-bond donors (Lipinski definition) is 1. The van der Waals surface area contributed by atoms with Crippen LogP contribution in [0.5, 0.6) is 5.75 Å². The maximum Gasteiger partial charge on any atom is 0.270 e. The summed E-state index contributed by atoms with van der Waals surface area (Å²) in [5.74, 6) is 1.39. The van der Waals surface area contributed by atoms with E-state index in [0.717, 1.165) is 29.0 Å². The molecule has 2 aromatic carbocycles. The number of hydrogen-bond acceptors (Lipinski definition) is 4. The molecular formula is C20H20N2O3. The van der Waals surface area contributed by atoms with Crippen molar-refractivity contribution in [3.63, 3.8) is 0 Å². The summed E-state index contributed by atoms with van der Waals surface area (Å²) < 4.78 is 5.37. The molecule has 128 valence electrons. The van der Waals surface area contributed by atoms with Crippen LogP contribution in [0.15, 0.2) is 48.6 Å². The van der Waals surface area contributed by atoms with E-state index in [4.69, 9.17) is 4.74 Å². The Morgan fingerprint density at radius 1 is 1.28 bits per heavy atom. The van der Waals surface area contributed by atoms with Gasteiger partial charge in [0.25, 0.3) is 5.69 Å². The molecular weight excluding hydrogens is 316 g/mol. The van der Waals surface area contributed by atoms with Crippen molar-refractivity contribution in [1.82, 2.24) is 0 Å². The van der Waals surface area contributed by atoms with E-state index in [1.807, 2.05) is 19.1 Å². The number of nitro benzene ring substituents is 1. The number of nitrogens with zero attached hydrogens (tertiary/aromatic N) is 1. The Morgan fingerprint density at radius 2 is 2.12 bits per heavy atom. The van der Waals surface area contributed by atoms with Crippen molar-refractivity contribution >= 4 is 11.4 Å². The second-order valence-corrected chi connectivity index (χ2v) is 6.74. The molecule has 1 heterocycles. The van der Waals surface area contributed by atoms with E-state index in [1.165, 1.54) is 5.56 Å². The van der Waals surface area contributed by atoms with Crippen molar-refractivity contribution in [2.75, 3.05) is 12.4 Å². The van der Waals surface area contributed by atoms with Gasteiger partial charge < -0.3 is 10.1 Å². The maximum atomic E-state index is 11.2. The fourth-order valence-corrected chi connectivity index (χ4v) is 4.14. The average molecular weight is 336 g/mol. The highest BCUT2D eigenvalue weighted by atomic mass is 16.6. The fraction of sp³-hybridized carbons (Fsp3) is 0.300. The van der Waals surface area contributed by atoms with Crippen LogP contribution in [0.4, 0.5) is 11.4 Å². The van der Waals surface area contributed by atoms with Gasteiger partial charge in [-0.1, -0.05) is 24.3 Å². The molecule has 0 saturated heterocycles. The van der Waals surface area contributed by atoms with Gasteiger partial charge in [-0.05, 0) is 48.1 Å². The third kappa shape index (κ3) is 2.56. The monoisotopic (exact) mass is 336 g/mol. The smallest absolute Gasteiger partial charge is 0.270 e.